The van der Waals surface area contributed by atoms with Crippen molar-refractivity contribution in [1.82, 2.24) is 0 Å². The van der Waals surface area contributed by atoms with Gasteiger partial charge in [-0.1, -0.05) is 70.2 Å². The van der Waals surface area contributed by atoms with Crippen molar-refractivity contribution >= 4 is 18.4 Å². The highest BCUT2D eigenvalue weighted by molar-refractivity contribution is 7.74. The molecule has 0 bridgehead atoms. The molecule has 1 aromatic rings. The minimum atomic E-state index is -2.81. The van der Waals surface area contributed by atoms with Crippen LogP contribution in [0.15, 0.2) is 42.5 Å². The van der Waals surface area contributed by atoms with Crippen molar-refractivity contribution in [2.45, 2.75) is 44.9 Å². The van der Waals surface area contributed by atoms with Gasteiger partial charge in [-0.25, -0.2) is 0 Å². The van der Waals surface area contributed by atoms with Crippen LogP contribution in [0.25, 0.3) is 0 Å². The van der Waals surface area contributed by atoms with Crippen LogP contribution in [0, 0.1) is 11.8 Å². The zero-order chi connectivity index (χ0) is 17.4. The molecule has 0 aromatic heterocycles. The molecular formula is C19H27O3P. The standard InChI is InChI=1S/C19H27O3P/c1-13-12-16(18(20)22-6)14(2)17(13)23(21,19(3,4)5)15-10-8-7-9-11-15/h7-11,14,16-17H,1,12H2,2-6H3/t14-,16+,17-,23-/m0/s1. The minimum absolute atomic E-state index is 0.0415. The van der Waals surface area contributed by atoms with Crippen molar-refractivity contribution in [1.29, 1.82) is 0 Å². The molecule has 23 heavy (non-hydrogen) atoms. The van der Waals surface area contributed by atoms with Gasteiger partial charge in [-0.15, -0.1) is 0 Å². The highest BCUT2D eigenvalue weighted by atomic mass is 31.2. The second-order valence-electron chi connectivity index (χ2n) is 7.46. The number of benzene rings is 1. The fourth-order valence-electron chi connectivity index (χ4n) is 3.83. The summed E-state index contributed by atoms with van der Waals surface area (Å²) in [5.41, 5.74) is 0.726. The fraction of sp³-hybridized carbons (Fsp3) is 0.526. The van der Waals surface area contributed by atoms with Crippen LogP contribution in [0.4, 0.5) is 0 Å². The number of rotatable bonds is 3. The van der Waals surface area contributed by atoms with Crippen molar-refractivity contribution in [2.24, 2.45) is 11.8 Å². The third-order valence-electron chi connectivity index (χ3n) is 5.07. The van der Waals surface area contributed by atoms with Gasteiger partial charge < -0.3 is 9.30 Å². The predicted molar refractivity (Wildman–Crippen MR) is 95.7 cm³/mol. The number of hydrogen-bond donors (Lipinski definition) is 0. The van der Waals surface area contributed by atoms with E-state index in [0.717, 1.165) is 10.9 Å². The summed E-state index contributed by atoms with van der Waals surface area (Å²) in [6.45, 7) is 12.2. The number of allylic oxidation sites excluding steroid dienone is 1. The molecule has 0 heterocycles. The van der Waals surface area contributed by atoms with E-state index in [2.05, 4.69) is 6.58 Å². The Morgan fingerprint density at radius 2 is 1.83 bits per heavy atom. The van der Waals surface area contributed by atoms with Crippen LogP contribution in [0.2, 0.25) is 0 Å². The van der Waals surface area contributed by atoms with Crippen molar-refractivity contribution < 1.29 is 14.1 Å². The Balaban J connectivity index is 2.56. The lowest BCUT2D eigenvalue weighted by atomic mass is 9.98. The monoisotopic (exact) mass is 334 g/mol. The van der Waals surface area contributed by atoms with E-state index in [1.165, 1.54) is 7.11 Å². The first kappa shape index (κ1) is 18.0. The molecule has 1 fully saturated rings. The number of ether oxygens (including phenoxy) is 1. The topological polar surface area (TPSA) is 43.4 Å². The van der Waals surface area contributed by atoms with Gasteiger partial charge in [0.25, 0.3) is 0 Å². The molecule has 126 valence electrons. The molecule has 1 aliphatic rings. The summed E-state index contributed by atoms with van der Waals surface area (Å²) in [4.78, 5) is 12.1. The second-order valence-corrected chi connectivity index (χ2v) is 11.2. The quantitative estimate of drug-likeness (QED) is 0.472. The Bertz CT molecular complexity index is 642. The molecule has 4 heteroatoms. The second kappa shape index (κ2) is 6.28. The molecule has 2 rings (SSSR count). The molecule has 0 N–H and O–H groups in total. The lowest BCUT2D eigenvalue weighted by Crippen LogP contribution is -2.34. The van der Waals surface area contributed by atoms with Crippen molar-refractivity contribution in [2.75, 3.05) is 7.11 Å². The van der Waals surface area contributed by atoms with E-state index >= 15 is 0 Å². The highest BCUT2D eigenvalue weighted by Gasteiger charge is 2.54. The third kappa shape index (κ3) is 2.92. The molecule has 0 spiro atoms. The average molecular weight is 334 g/mol. The van der Waals surface area contributed by atoms with Gasteiger partial charge in [-0.05, 0) is 12.3 Å². The first-order valence-corrected chi connectivity index (χ1v) is 9.83. The number of carbonyl (C=O) groups excluding carboxylic acids is 1. The molecule has 0 saturated heterocycles. The first-order chi connectivity index (χ1) is 10.6. The van der Waals surface area contributed by atoms with Gasteiger partial charge in [0.2, 0.25) is 0 Å². The van der Waals surface area contributed by atoms with Crippen LogP contribution in [0.3, 0.4) is 0 Å². The Morgan fingerprint density at radius 1 is 1.26 bits per heavy atom. The minimum Gasteiger partial charge on any atom is -0.469 e. The predicted octanol–water partition coefficient (Wildman–Crippen LogP) is 4.23. The Morgan fingerprint density at radius 3 is 2.30 bits per heavy atom. The maximum Gasteiger partial charge on any atom is 0.309 e. The Hall–Kier alpha value is -1.34. The molecule has 0 radical (unpaired) electrons. The SMILES string of the molecule is C=C1C[C@@H](C(=O)OC)[C@H](C)[C@H]1[P@@](=O)(c1ccccc1)C(C)(C)C. The molecule has 1 saturated carbocycles. The van der Waals surface area contributed by atoms with Crippen molar-refractivity contribution in [3.05, 3.63) is 42.5 Å². The van der Waals surface area contributed by atoms with Crippen LogP contribution < -0.4 is 5.30 Å². The maximum absolute atomic E-state index is 14.3. The molecule has 3 nitrogen and oxygen atoms in total. The number of methoxy groups -OCH3 is 1. The largest absolute Gasteiger partial charge is 0.469 e. The van der Waals surface area contributed by atoms with E-state index in [9.17, 15) is 9.36 Å². The van der Waals surface area contributed by atoms with Gasteiger partial charge in [0.15, 0.2) is 0 Å². The summed E-state index contributed by atoms with van der Waals surface area (Å²) < 4.78 is 19.2. The van der Waals surface area contributed by atoms with Crippen LogP contribution in [0.1, 0.15) is 34.1 Å². The van der Waals surface area contributed by atoms with Gasteiger partial charge in [0, 0.05) is 16.1 Å². The smallest absolute Gasteiger partial charge is 0.309 e. The van der Waals surface area contributed by atoms with E-state index in [-0.39, 0.29) is 23.5 Å². The number of carbonyl (C=O) groups is 1. The van der Waals surface area contributed by atoms with Gasteiger partial charge >= 0.3 is 5.97 Å². The number of hydrogen-bond acceptors (Lipinski definition) is 3. The van der Waals surface area contributed by atoms with Crippen LogP contribution in [-0.4, -0.2) is 23.9 Å². The van der Waals surface area contributed by atoms with Gasteiger partial charge in [0.1, 0.15) is 7.14 Å². The molecule has 0 unspecified atom stereocenters. The normalized spacial score (nSPS) is 27.5. The van der Waals surface area contributed by atoms with Gasteiger partial charge in [-0.2, -0.15) is 0 Å². The van der Waals surface area contributed by atoms with Gasteiger partial charge in [0.05, 0.1) is 13.0 Å². The molecule has 1 aromatic carbocycles. The fourth-order valence-corrected chi connectivity index (χ4v) is 7.87. The zero-order valence-electron chi connectivity index (χ0n) is 14.7. The average Bonchev–Trinajstić information content (AvgIpc) is 2.80. The van der Waals surface area contributed by atoms with E-state index in [1.807, 2.05) is 58.0 Å². The molecule has 4 atom stereocenters. The van der Waals surface area contributed by atoms with Crippen LogP contribution in [-0.2, 0) is 14.1 Å². The summed E-state index contributed by atoms with van der Waals surface area (Å²) in [5.74, 6) is -0.522. The van der Waals surface area contributed by atoms with Crippen LogP contribution >= 0.6 is 7.14 Å². The third-order valence-corrected chi connectivity index (χ3v) is 9.74. The zero-order valence-corrected chi connectivity index (χ0v) is 15.6. The summed E-state index contributed by atoms with van der Waals surface area (Å²) in [7, 11) is -1.40. The molecule has 0 amide bonds. The molecule has 1 aliphatic carbocycles. The van der Waals surface area contributed by atoms with E-state index in [4.69, 9.17) is 4.74 Å². The highest BCUT2D eigenvalue weighted by Crippen LogP contribution is 2.67. The van der Waals surface area contributed by atoms with Crippen LogP contribution in [0.5, 0.6) is 0 Å². The summed E-state index contributed by atoms with van der Waals surface area (Å²) >= 11 is 0. The lowest BCUT2D eigenvalue weighted by molar-refractivity contribution is -0.146. The number of esters is 1. The summed E-state index contributed by atoms with van der Waals surface area (Å²) in [6, 6.07) is 9.66. The van der Waals surface area contributed by atoms with Gasteiger partial charge in [-0.3, -0.25) is 4.79 Å². The van der Waals surface area contributed by atoms with Crippen molar-refractivity contribution in [3.8, 4) is 0 Å². The van der Waals surface area contributed by atoms with E-state index in [1.54, 1.807) is 0 Å². The molecule has 0 aliphatic heterocycles. The Kier molecular flexibility index (Phi) is 4.92. The molecular weight excluding hydrogens is 307 g/mol. The Labute approximate surface area is 139 Å². The van der Waals surface area contributed by atoms with E-state index in [0.29, 0.717) is 6.42 Å². The lowest BCUT2D eigenvalue weighted by Gasteiger charge is -2.39. The van der Waals surface area contributed by atoms with E-state index < -0.39 is 12.3 Å². The van der Waals surface area contributed by atoms with Crippen molar-refractivity contribution in [3.63, 3.8) is 0 Å². The summed E-state index contributed by atoms with van der Waals surface area (Å²) in [6.07, 6.45) is 0.561. The summed E-state index contributed by atoms with van der Waals surface area (Å²) in [5, 5.41) is 0.470. The maximum atomic E-state index is 14.3. The first-order valence-electron chi connectivity index (χ1n) is 8.05.